The number of hydrogen-bond donors (Lipinski definition) is 5. The first kappa shape index (κ1) is 32.9. The fourth-order valence-corrected chi connectivity index (χ4v) is 4.99. The number of carboxylic acids is 1. The quantitative estimate of drug-likeness (QED) is 0.144. The molecule has 4 rings (SSSR count). The molecular formula is C28H37FN4O5S2. The van der Waals surface area contributed by atoms with Gasteiger partial charge < -0.3 is 25.6 Å². The first-order valence-electron chi connectivity index (χ1n) is 12.8. The molecule has 2 aromatic carbocycles. The van der Waals surface area contributed by atoms with Crippen LogP contribution in [-0.4, -0.2) is 48.5 Å². The molecule has 0 fully saturated rings. The summed E-state index contributed by atoms with van der Waals surface area (Å²) < 4.78 is 43.7. The van der Waals surface area contributed by atoms with Crippen molar-refractivity contribution in [1.29, 1.82) is 0 Å². The van der Waals surface area contributed by atoms with Crippen LogP contribution in [0.3, 0.4) is 0 Å². The Morgan fingerprint density at radius 2 is 1.95 bits per heavy atom. The first-order chi connectivity index (χ1) is 19.1. The van der Waals surface area contributed by atoms with Gasteiger partial charge in [0.05, 0.1) is 23.5 Å². The van der Waals surface area contributed by atoms with Crippen molar-refractivity contribution in [2.45, 2.75) is 45.4 Å². The number of aromatic amines is 1. The highest BCUT2D eigenvalue weighted by Gasteiger charge is 2.23. The van der Waals surface area contributed by atoms with E-state index in [0.717, 1.165) is 18.2 Å². The number of benzene rings is 2. The third-order valence-electron chi connectivity index (χ3n) is 5.83. The third-order valence-corrected chi connectivity index (χ3v) is 6.66. The van der Waals surface area contributed by atoms with Crippen molar-refractivity contribution in [1.82, 2.24) is 9.97 Å². The summed E-state index contributed by atoms with van der Waals surface area (Å²) in [6.45, 7) is 6.44. The van der Waals surface area contributed by atoms with Gasteiger partial charge in [0.25, 0.3) is 6.01 Å². The molecular weight excluding hydrogens is 555 g/mol. The Kier molecular flexibility index (Phi) is 12.2. The number of sulfone groups is 1. The minimum Gasteiger partial charge on any atom is -0.477 e. The molecule has 0 aliphatic heterocycles. The summed E-state index contributed by atoms with van der Waals surface area (Å²) in [5.74, 6) is -1.65. The van der Waals surface area contributed by atoms with Crippen molar-refractivity contribution in [3.05, 3.63) is 71.0 Å². The van der Waals surface area contributed by atoms with E-state index in [2.05, 4.69) is 27.9 Å². The van der Waals surface area contributed by atoms with Crippen LogP contribution in [0.4, 0.5) is 10.4 Å². The number of carboxylic acid groups (broad SMARTS) is 1. The highest BCUT2D eigenvalue weighted by atomic mass is 32.2. The molecule has 0 spiro atoms. The number of carbonyl (C=O) groups is 1. The number of hydrogen-bond acceptors (Lipinski definition) is 8. The van der Waals surface area contributed by atoms with Gasteiger partial charge in [-0.15, -0.1) is 0 Å². The standard InChI is InChI=1S/C25H27FN4O5S.C2H6.CH4S/c1-14(29-25-28-12-17(35-25)5-4-10-27)18-6-3-7-19-21(23(24(31)32)30-22(18)19)15-8-9-16(20(26)11-15)13-36(2,33)34;2*1-2/h3,6-9,11-12,14,30H,4-5,10,13,27H2,1-2H3,(H,28,29)(H,31,32);1-2H3;2H,1H3. The number of fused-ring (bicyclic) bond motifs is 1. The molecule has 0 aliphatic carbocycles. The Bertz CT molecular complexity index is 1530. The van der Waals surface area contributed by atoms with Gasteiger partial charge in [-0.25, -0.2) is 22.6 Å². The zero-order valence-corrected chi connectivity index (χ0v) is 25.0. The smallest absolute Gasteiger partial charge is 0.352 e. The molecule has 218 valence electrons. The van der Waals surface area contributed by atoms with Crippen LogP contribution in [0, 0.1) is 5.82 Å². The van der Waals surface area contributed by atoms with E-state index in [1.165, 1.54) is 18.2 Å². The van der Waals surface area contributed by atoms with Gasteiger partial charge in [0.2, 0.25) is 0 Å². The van der Waals surface area contributed by atoms with Crippen molar-refractivity contribution >= 4 is 45.4 Å². The number of nitrogens with two attached hydrogens (primary N) is 1. The monoisotopic (exact) mass is 592 g/mol. The summed E-state index contributed by atoms with van der Waals surface area (Å²) in [4.78, 5) is 19.3. The van der Waals surface area contributed by atoms with Crippen LogP contribution in [0.1, 0.15) is 60.6 Å². The second-order valence-electron chi connectivity index (χ2n) is 8.72. The van der Waals surface area contributed by atoms with E-state index in [1.54, 1.807) is 24.6 Å². The lowest BCUT2D eigenvalue weighted by atomic mass is 9.98. The van der Waals surface area contributed by atoms with Crippen LogP contribution in [0.25, 0.3) is 22.0 Å². The molecule has 0 amide bonds. The summed E-state index contributed by atoms with van der Waals surface area (Å²) in [5.41, 5.74) is 7.44. The molecule has 1 atom stereocenters. The number of oxazole rings is 1. The lowest BCUT2D eigenvalue weighted by molar-refractivity contribution is 0.0692. The predicted octanol–water partition coefficient (Wildman–Crippen LogP) is 5.84. The molecule has 2 heterocycles. The Morgan fingerprint density at radius 3 is 2.55 bits per heavy atom. The van der Waals surface area contributed by atoms with Crippen LogP contribution >= 0.6 is 12.6 Å². The Hall–Kier alpha value is -3.35. The predicted molar refractivity (Wildman–Crippen MR) is 161 cm³/mol. The lowest BCUT2D eigenvalue weighted by Crippen LogP contribution is -2.07. The number of aromatic nitrogens is 2. The Balaban J connectivity index is 0.00000134. The van der Waals surface area contributed by atoms with Crippen LogP contribution in [-0.2, 0) is 22.0 Å². The van der Waals surface area contributed by atoms with E-state index in [0.29, 0.717) is 46.8 Å². The van der Waals surface area contributed by atoms with Gasteiger partial charge in [0.1, 0.15) is 17.3 Å². The number of nitrogens with one attached hydrogen (secondary N) is 2. The van der Waals surface area contributed by atoms with Gasteiger partial charge in [0, 0.05) is 29.2 Å². The van der Waals surface area contributed by atoms with Crippen LogP contribution in [0.5, 0.6) is 0 Å². The Labute approximate surface area is 239 Å². The lowest BCUT2D eigenvalue weighted by Gasteiger charge is -2.14. The summed E-state index contributed by atoms with van der Waals surface area (Å²) in [6.07, 6.45) is 5.82. The van der Waals surface area contributed by atoms with E-state index in [9.17, 15) is 22.7 Å². The minimum atomic E-state index is -3.43. The number of aromatic carboxylic acids is 1. The van der Waals surface area contributed by atoms with Gasteiger partial charge in [-0.05, 0) is 43.3 Å². The second-order valence-corrected chi connectivity index (χ2v) is 10.9. The number of rotatable bonds is 10. The van der Waals surface area contributed by atoms with E-state index in [-0.39, 0.29) is 17.3 Å². The zero-order chi connectivity index (χ0) is 30.0. The molecule has 40 heavy (non-hydrogen) atoms. The maximum Gasteiger partial charge on any atom is 0.352 e. The average Bonchev–Trinajstić information content (AvgIpc) is 3.54. The molecule has 4 aromatic rings. The topological polar surface area (TPSA) is 151 Å². The number of nitrogens with zero attached hydrogens (tertiary/aromatic N) is 1. The maximum atomic E-state index is 14.8. The highest BCUT2D eigenvalue weighted by Crippen LogP contribution is 2.37. The fraction of sp³-hybridized carbons (Fsp3) is 0.357. The largest absolute Gasteiger partial charge is 0.477 e. The molecule has 0 bridgehead atoms. The number of thiol groups is 1. The van der Waals surface area contributed by atoms with Gasteiger partial charge in [-0.2, -0.15) is 12.6 Å². The van der Waals surface area contributed by atoms with E-state index >= 15 is 0 Å². The summed E-state index contributed by atoms with van der Waals surface area (Å²) in [7, 11) is -3.43. The summed E-state index contributed by atoms with van der Waals surface area (Å²) >= 11 is 3.53. The van der Waals surface area contributed by atoms with Crippen molar-refractivity contribution < 1.29 is 27.1 Å². The molecule has 0 aliphatic rings. The van der Waals surface area contributed by atoms with Crippen LogP contribution in [0.15, 0.2) is 47.0 Å². The summed E-state index contributed by atoms with van der Waals surface area (Å²) in [6, 6.07) is 9.48. The van der Waals surface area contributed by atoms with Gasteiger partial charge in [-0.1, -0.05) is 44.2 Å². The molecule has 0 radical (unpaired) electrons. The van der Waals surface area contributed by atoms with Crippen molar-refractivity contribution in [3.8, 4) is 11.1 Å². The number of para-hydroxylation sites is 1. The Morgan fingerprint density at radius 1 is 1.25 bits per heavy atom. The van der Waals surface area contributed by atoms with E-state index < -0.39 is 27.4 Å². The van der Waals surface area contributed by atoms with E-state index in [1.807, 2.05) is 26.8 Å². The van der Waals surface area contributed by atoms with Crippen molar-refractivity contribution in [3.63, 3.8) is 0 Å². The maximum absolute atomic E-state index is 14.8. The second kappa shape index (κ2) is 14.9. The molecule has 2 aromatic heterocycles. The third kappa shape index (κ3) is 8.09. The number of aryl methyl sites for hydroxylation is 1. The average molecular weight is 593 g/mol. The van der Waals surface area contributed by atoms with Crippen molar-refractivity contribution in [2.75, 3.05) is 24.4 Å². The minimum absolute atomic E-state index is 0.0215. The molecule has 12 heteroatoms. The number of anilines is 1. The SMILES string of the molecule is CC.CC(Nc1ncc(CCCN)o1)c1cccc2c(-c3ccc(CS(C)(=O)=O)c(F)c3)c(C(=O)O)[nH]c12.CS. The zero-order valence-electron chi connectivity index (χ0n) is 23.3. The molecule has 9 nitrogen and oxygen atoms in total. The van der Waals surface area contributed by atoms with Crippen molar-refractivity contribution in [2.24, 2.45) is 5.73 Å². The fourth-order valence-electron chi connectivity index (χ4n) is 4.19. The van der Waals surface area contributed by atoms with Gasteiger partial charge >= 0.3 is 5.97 Å². The van der Waals surface area contributed by atoms with Gasteiger partial charge in [0.15, 0.2) is 9.84 Å². The van der Waals surface area contributed by atoms with Crippen LogP contribution in [0.2, 0.25) is 0 Å². The first-order valence-corrected chi connectivity index (χ1v) is 15.7. The number of halogens is 1. The highest BCUT2D eigenvalue weighted by molar-refractivity contribution is 7.89. The normalized spacial score (nSPS) is 11.7. The molecule has 0 saturated heterocycles. The molecule has 1 unspecified atom stereocenters. The molecule has 0 saturated carbocycles. The summed E-state index contributed by atoms with van der Waals surface area (Å²) in [5, 5.41) is 13.7. The van der Waals surface area contributed by atoms with Gasteiger partial charge in [-0.3, -0.25) is 0 Å². The molecule has 5 N–H and O–H groups in total. The van der Waals surface area contributed by atoms with E-state index in [4.69, 9.17) is 10.2 Å². The van der Waals surface area contributed by atoms with Crippen LogP contribution < -0.4 is 11.1 Å². The number of H-pyrrole nitrogens is 1.